The zero-order chi connectivity index (χ0) is 13.3. The Kier molecular flexibility index (Phi) is 4.20. The molecule has 100 valence electrons. The van der Waals surface area contributed by atoms with Crippen LogP contribution in [0.2, 0.25) is 0 Å². The lowest BCUT2D eigenvalue weighted by atomic mass is 9.97. The highest BCUT2D eigenvalue weighted by molar-refractivity contribution is 5.76. The first-order valence-corrected chi connectivity index (χ1v) is 6.40. The van der Waals surface area contributed by atoms with Crippen LogP contribution >= 0.6 is 0 Å². The van der Waals surface area contributed by atoms with Gasteiger partial charge in [0.15, 0.2) is 0 Å². The molecule has 1 aliphatic heterocycles. The van der Waals surface area contributed by atoms with E-state index < -0.39 is 0 Å². The molecule has 0 spiro atoms. The largest absolute Gasteiger partial charge is 0.340 e. The van der Waals surface area contributed by atoms with E-state index in [4.69, 9.17) is 5.73 Å². The Morgan fingerprint density at radius 3 is 2.41 bits per heavy atom. The standard InChI is InChI=1S/C13H27N3O/c1-12(2,14)7-6-11(17)16-9-8-15(5)13(3,4)10-16/h6-10,14H2,1-5H3. The third-order valence-electron chi connectivity index (χ3n) is 3.65. The molecule has 1 rings (SSSR count). The summed E-state index contributed by atoms with van der Waals surface area (Å²) in [5, 5.41) is 0. The zero-order valence-electron chi connectivity index (χ0n) is 11.9. The molecule has 0 unspecified atom stereocenters. The molecular weight excluding hydrogens is 214 g/mol. The van der Waals surface area contributed by atoms with Crippen molar-refractivity contribution < 1.29 is 4.79 Å². The maximum absolute atomic E-state index is 12.1. The molecule has 0 aromatic rings. The van der Waals surface area contributed by atoms with E-state index >= 15 is 0 Å². The van der Waals surface area contributed by atoms with Crippen LogP contribution in [0.4, 0.5) is 0 Å². The van der Waals surface area contributed by atoms with Crippen molar-refractivity contribution in [3.63, 3.8) is 0 Å². The number of amides is 1. The Morgan fingerprint density at radius 1 is 1.35 bits per heavy atom. The minimum absolute atomic E-state index is 0.0755. The summed E-state index contributed by atoms with van der Waals surface area (Å²) in [7, 11) is 2.12. The maximum atomic E-state index is 12.1. The van der Waals surface area contributed by atoms with Gasteiger partial charge < -0.3 is 10.6 Å². The summed E-state index contributed by atoms with van der Waals surface area (Å²) in [4.78, 5) is 16.4. The highest BCUT2D eigenvalue weighted by atomic mass is 16.2. The SMILES string of the molecule is CN1CCN(C(=O)CCC(C)(C)N)CC1(C)C. The van der Waals surface area contributed by atoms with Crippen LogP contribution < -0.4 is 5.73 Å². The average molecular weight is 241 g/mol. The molecule has 17 heavy (non-hydrogen) atoms. The topological polar surface area (TPSA) is 49.6 Å². The molecule has 0 aromatic heterocycles. The fourth-order valence-corrected chi connectivity index (χ4v) is 2.04. The van der Waals surface area contributed by atoms with Crippen molar-refractivity contribution in [2.75, 3.05) is 26.7 Å². The first-order valence-electron chi connectivity index (χ1n) is 6.40. The van der Waals surface area contributed by atoms with E-state index in [1.54, 1.807) is 0 Å². The minimum Gasteiger partial charge on any atom is -0.340 e. The van der Waals surface area contributed by atoms with Gasteiger partial charge in [0.2, 0.25) is 5.91 Å². The van der Waals surface area contributed by atoms with Gasteiger partial charge >= 0.3 is 0 Å². The van der Waals surface area contributed by atoms with E-state index in [9.17, 15) is 4.79 Å². The zero-order valence-corrected chi connectivity index (χ0v) is 11.9. The van der Waals surface area contributed by atoms with Gasteiger partial charge in [-0.2, -0.15) is 0 Å². The van der Waals surface area contributed by atoms with E-state index in [-0.39, 0.29) is 17.0 Å². The van der Waals surface area contributed by atoms with Crippen LogP contribution in [0.5, 0.6) is 0 Å². The van der Waals surface area contributed by atoms with E-state index in [1.807, 2.05) is 18.7 Å². The Morgan fingerprint density at radius 2 is 1.94 bits per heavy atom. The van der Waals surface area contributed by atoms with Gasteiger partial charge in [0.05, 0.1) is 0 Å². The minimum atomic E-state index is -0.252. The second kappa shape index (κ2) is 4.94. The monoisotopic (exact) mass is 241 g/mol. The van der Waals surface area contributed by atoms with E-state index in [2.05, 4.69) is 25.8 Å². The molecule has 4 heteroatoms. The molecule has 0 atom stereocenters. The molecule has 1 heterocycles. The third-order valence-corrected chi connectivity index (χ3v) is 3.65. The number of carbonyl (C=O) groups is 1. The Hall–Kier alpha value is -0.610. The highest BCUT2D eigenvalue weighted by Gasteiger charge is 2.33. The van der Waals surface area contributed by atoms with Gasteiger partial charge in [-0.15, -0.1) is 0 Å². The number of nitrogens with two attached hydrogens (primary N) is 1. The number of piperazine rings is 1. The maximum Gasteiger partial charge on any atom is 0.222 e. The van der Waals surface area contributed by atoms with Crippen molar-refractivity contribution in [2.24, 2.45) is 5.73 Å². The van der Waals surface area contributed by atoms with Crippen LogP contribution in [0, 0.1) is 0 Å². The number of nitrogens with zero attached hydrogens (tertiary/aromatic N) is 2. The third kappa shape index (κ3) is 4.28. The van der Waals surface area contributed by atoms with Crippen LogP contribution in [0.3, 0.4) is 0 Å². The van der Waals surface area contributed by atoms with E-state index in [0.29, 0.717) is 6.42 Å². The summed E-state index contributed by atoms with van der Waals surface area (Å²) in [6, 6.07) is 0. The molecule has 0 aromatic carbocycles. The van der Waals surface area contributed by atoms with Crippen LogP contribution in [-0.2, 0) is 4.79 Å². The predicted octanol–water partition coefficient (Wildman–Crippen LogP) is 1.06. The normalized spacial score (nSPS) is 21.6. The summed E-state index contributed by atoms with van der Waals surface area (Å²) < 4.78 is 0. The van der Waals surface area contributed by atoms with Crippen LogP contribution in [0.25, 0.3) is 0 Å². The van der Waals surface area contributed by atoms with Crippen LogP contribution in [0.1, 0.15) is 40.5 Å². The molecule has 1 fully saturated rings. The molecular formula is C13H27N3O. The summed E-state index contributed by atoms with van der Waals surface area (Å²) in [6.07, 6.45) is 1.31. The summed E-state index contributed by atoms with van der Waals surface area (Å²) in [5.74, 6) is 0.240. The second-order valence-corrected chi connectivity index (χ2v) is 6.54. The Balaban J connectivity index is 2.49. The van der Waals surface area contributed by atoms with Crippen molar-refractivity contribution in [2.45, 2.75) is 51.6 Å². The first kappa shape index (κ1) is 14.5. The molecule has 0 bridgehead atoms. The van der Waals surface area contributed by atoms with Gasteiger partial charge in [0, 0.05) is 37.1 Å². The predicted molar refractivity (Wildman–Crippen MR) is 70.8 cm³/mol. The molecule has 0 radical (unpaired) electrons. The summed E-state index contributed by atoms with van der Waals surface area (Å²) in [5.41, 5.74) is 5.73. The summed E-state index contributed by atoms with van der Waals surface area (Å²) >= 11 is 0. The summed E-state index contributed by atoms with van der Waals surface area (Å²) in [6.45, 7) is 10.9. The molecule has 1 aliphatic rings. The number of hydrogen-bond donors (Lipinski definition) is 1. The quantitative estimate of drug-likeness (QED) is 0.803. The van der Waals surface area contributed by atoms with Crippen molar-refractivity contribution in [3.05, 3.63) is 0 Å². The van der Waals surface area contributed by atoms with Gasteiger partial charge in [0.1, 0.15) is 0 Å². The Labute approximate surface area is 105 Å². The number of carbonyl (C=O) groups excluding carboxylic acids is 1. The molecule has 4 nitrogen and oxygen atoms in total. The molecule has 2 N–H and O–H groups in total. The average Bonchev–Trinajstić information content (AvgIpc) is 2.17. The highest BCUT2D eigenvalue weighted by Crippen LogP contribution is 2.20. The lowest BCUT2D eigenvalue weighted by molar-refractivity contribution is -0.136. The van der Waals surface area contributed by atoms with Gasteiger partial charge in [-0.05, 0) is 41.2 Å². The lowest BCUT2D eigenvalue weighted by Gasteiger charge is -2.45. The van der Waals surface area contributed by atoms with Gasteiger partial charge in [-0.25, -0.2) is 0 Å². The number of rotatable bonds is 3. The molecule has 1 amide bonds. The second-order valence-electron chi connectivity index (χ2n) is 6.54. The molecule has 1 saturated heterocycles. The van der Waals surface area contributed by atoms with Gasteiger partial charge in [-0.3, -0.25) is 9.69 Å². The number of hydrogen-bond acceptors (Lipinski definition) is 3. The van der Waals surface area contributed by atoms with Crippen LogP contribution in [0.15, 0.2) is 0 Å². The van der Waals surface area contributed by atoms with Gasteiger partial charge in [-0.1, -0.05) is 0 Å². The van der Waals surface area contributed by atoms with Crippen molar-refractivity contribution >= 4 is 5.91 Å². The molecule has 0 saturated carbocycles. The number of likely N-dealkylation sites (N-methyl/N-ethyl adjacent to an activating group) is 1. The van der Waals surface area contributed by atoms with Crippen LogP contribution in [-0.4, -0.2) is 53.5 Å². The van der Waals surface area contributed by atoms with Crippen molar-refractivity contribution in [1.29, 1.82) is 0 Å². The van der Waals surface area contributed by atoms with E-state index in [1.165, 1.54) is 0 Å². The fraction of sp³-hybridized carbons (Fsp3) is 0.923. The van der Waals surface area contributed by atoms with Crippen molar-refractivity contribution in [3.8, 4) is 0 Å². The fourth-order valence-electron chi connectivity index (χ4n) is 2.04. The lowest BCUT2D eigenvalue weighted by Crippen LogP contribution is -2.59. The molecule has 0 aliphatic carbocycles. The first-order chi connectivity index (χ1) is 7.62. The van der Waals surface area contributed by atoms with Gasteiger partial charge in [0.25, 0.3) is 0 Å². The smallest absolute Gasteiger partial charge is 0.222 e. The van der Waals surface area contributed by atoms with Crippen molar-refractivity contribution in [1.82, 2.24) is 9.80 Å². The Bertz CT molecular complexity index is 281. The van der Waals surface area contributed by atoms with E-state index in [0.717, 1.165) is 26.1 Å².